The van der Waals surface area contributed by atoms with Gasteiger partial charge in [0.25, 0.3) is 5.91 Å². The van der Waals surface area contributed by atoms with Crippen LogP contribution in [0.4, 0.5) is 5.69 Å². The Balaban J connectivity index is 1.37. The van der Waals surface area contributed by atoms with Crippen LogP contribution >= 0.6 is 0 Å². The maximum atomic E-state index is 12.9. The lowest BCUT2D eigenvalue weighted by Crippen LogP contribution is -2.17. The van der Waals surface area contributed by atoms with Gasteiger partial charge in [0.2, 0.25) is 0 Å². The van der Waals surface area contributed by atoms with Gasteiger partial charge in [-0.2, -0.15) is 4.80 Å². The fourth-order valence-corrected chi connectivity index (χ4v) is 3.87. The molecule has 5 rings (SSSR count). The third-order valence-electron chi connectivity index (χ3n) is 5.77. The van der Waals surface area contributed by atoms with E-state index in [1.165, 1.54) is 18.4 Å². The monoisotopic (exact) mass is 442 g/mol. The zero-order chi connectivity index (χ0) is 22.8. The van der Waals surface area contributed by atoms with Crippen molar-refractivity contribution >= 4 is 22.6 Å². The Kier molecular flexibility index (Phi) is 5.69. The molecule has 33 heavy (non-hydrogen) atoms. The van der Waals surface area contributed by atoms with E-state index in [1.54, 1.807) is 23.0 Å². The smallest absolute Gasteiger partial charge is 0.255 e. The highest BCUT2D eigenvalue weighted by molar-refractivity contribution is 6.05. The lowest BCUT2D eigenvalue weighted by atomic mass is 10.1. The van der Waals surface area contributed by atoms with Gasteiger partial charge in [0.15, 0.2) is 11.5 Å². The molecule has 4 aromatic rings. The second kappa shape index (κ2) is 8.94. The van der Waals surface area contributed by atoms with Gasteiger partial charge in [0.1, 0.15) is 24.2 Å². The zero-order valence-corrected chi connectivity index (χ0v) is 18.8. The Morgan fingerprint density at radius 1 is 0.970 bits per heavy atom. The molecule has 168 valence electrons. The van der Waals surface area contributed by atoms with E-state index in [0.717, 1.165) is 23.2 Å². The molecule has 2 heterocycles. The van der Waals surface area contributed by atoms with Gasteiger partial charge in [-0.05, 0) is 73.4 Å². The molecule has 0 aliphatic carbocycles. The van der Waals surface area contributed by atoms with Crippen LogP contribution in [0.2, 0.25) is 0 Å². The van der Waals surface area contributed by atoms with Crippen molar-refractivity contribution in [3.63, 3.8) is 0 Å². The fraction of sp³-hybridized carbons (Fsp3) is 0.269. The molecule has 0 atom stereocenters. The summed E-state index contributed by atoms with van der Waals surface area (Å²) in [5.74, 6) is 1.03. The Bertz CT molecular complexity index is 1310. The Hall–Kier alpha value is -3.87. The van der Waals surface area contributed by atoms with Crippen molar-refractivity contribution < 1.29 is 14.3 Å². The molecule has 0 spiro atoms. The quantitative estimate of drug-likeness (QED) is 0.450. The van der Waals surface area contributed by atoms with Gasteiger partial charge in [0.05, 0.1) is 5.69 Å². The number of fused-ring (bicyclic) bond motifs is 2. The summed E-state index contributed by atoms with van der Waals surface area (Å²) < 4.78 is 11.1. The SMILES string of the molecule is CCCCc1ccc(-n2nc3cc(C)c(NC(=O)c4ccc5c(c4)OCCO5)cc3n2)cc1. The molecule has 0 saturated carbocycles. The largest absolute Gasteiger partial charge is 0.486 e. The average molecular weight is 443 g/mol. The molecular weight excluding hydrogens is 416 g/mol. The number of nitrogens with one attached hydrogen (secondary N) is 1. The summed E-state index contributed by atoms with van der Waals surface area (Å²) in [4.78, 5) is 14.5. The van der Waals surface area contributed by atoms with Gasteiger partial charge in [-0.25, -0.2) is 0 Å². The Labute approximate surface area is 192 Å². The van der Waals surface area contributed by atoms with Crippen LogP contribution in [0.1, 0.15) is 41.3 Å². The molecule has 1 amide bonds. The van der Waals surface area contributed by atoms with Crippen LogP contribution in [0.5, 0.6) is 11.5 Å². The van der Waals surface area contributed by atoms with E-state index in [0.29, 0.717) is 41.5 Å². The van der Waals surface area contributed by atoms with E-state index in [1.807, 2.05) is 31.2 Å². The molecule has 0 radical (unpaired) electrons. The van der Waals surface area contributed by atoms with Crippen LogP contribution in [-0.4, -0.2) is 34.1 Å². The molecule has 7 heteroatoms. The zero-order valence-electron chi connectivity index (χ0n) is 18.8. The standard InChI is InChI=1S/C26H26N4O3/c1-3-4-5-18-6-9-20(10-7-18)30-28-22-14-17(2)21(16-23(22)29-30)27-26(31)19-8-11-24-25(15-19)33-13-12-32-24/h6-11,14-16H,3-5,12-13H2,1-2H3,(H,27,31). The normalized spacial score (nSPS) is 12.7. The number of hydrogen-bond donors (Lipinski definition) is 1. The number of benzene rings is 3. The molecule has 0 saturated heterocycles. The van der Waals surface area contributed by atoms with Gasteiger partial charge < -0.3 is 14.8 Å². The predicted molar refractivity (Wildman–Crippen MR) is 128 cm³/mol. The third-order valence-corrected chi connectivity index (χ3v) is 5.77. The highest BCUT2D eigenvalue weighted by Gasteiger charge is 2.16. The number of amides is 1. The number of anilines is 1. The van der Waals surface area contributed by atoms with E-state index >= 15 is 0 Å². The summed E-state index contributed by atoms with van der Waals surface area (Å²) in [6, 6.07) is 17.3. The number of ether oxygens (including phenoxy) is 2. The maximum absolute atomic E-state index is 12.9. The van der Waals surface area contributed by atoms with E-state index in [9.17, 15) is 4.79 Å². The van der Waals surface area contributed by atoms with Gasteiger partial charge in [-0.1, -0.05) is 25.5 Å². The third kappa shape index (κ3) is 4.39. The molecule has 3 aromatic carbocycles. The number of carbonyl (C=O) groups excluding carboxylic acids is 1. The van der Waals surface area contributed by atoms with Crippen molar-refractivity contribution in [2.45, 2.75) is 33.1 Å². The number of aromatic nitrogens is 3. The van der Waals surface area contributed by atoms with E-state index < -0.39 is 0 Å². The van der Waals surface area contributed by atoms with E-state index in [4.69, 9.17) is 9.47 Å². The minimum absolute atomic E-state index is 0.218. The van der Waals surface area contributed by atoms with Gasteiger partial charge in [0, 0.05) is 11.3 Å². The number of unbranched alkanes of at least 4 members (excludes halogenated alkanes) is 1. The van der Waals surface area contributed by atoms with E-state index in [2.05, 4.69) is 34.6 Å². The number of hydrogen-bond acceptors (Lipinski definition) is 5. The van der Waals surface area contributed by atoms with Crippen molar-refractivity contribution in [1.29, 1.82) is 0 Å². The Morgan fingerprint density at radius 2 is 1.70 bits per heavy atom. The first-order valence-electron chi connectivity index (χ1n) is 11.3. The summed E-state index contributed by atoms with van der Waals surface area (Å²) in [7, 11) is 0. The second-order valence-electron chi connectivity index (χ2n) is 8.23. The van der Waals surface area contributed by atoms with Crippen LogP contribution in [0.3, 0.4) is 0 Å². The first-order valence-corrected chi connectivity index (χ1v) is 11.3. The van der Waals surface area contributed by atoms with Crippen LogP contribution < -0.4 is 14.8 Å². The van der Waals surface area contributed by atoms with Gasteiger partial charge in [-0.3, -0.25) is 4.79 Å². The minimum atomic E-state index is -0.218. The molecule has 1 aliphatic rings. The molecule has 0 unspecified atom stereocenters. The highest BCUT2D eigenvalue weighted by Crippen LogP contribution is 2.31. The van der Waals surface area contributed by atoms with Crippen molar-refractivity contribution in [2.24, 2.45) is 0 Å². The summed E-state index contributed by atoms with van der Waals surface area (Å²) in [6.45, 7) is 5.13. The molecule has 1 aromatic heterocycles. The van der Waals surface area contributed by atoms with Crippen LogP contribution in [0, 0.1) is 6.92 Å². The molecule has 0 bridgehead atoms. The summed E-state index contributed by atoms with van der Waals surface area (Å²) in [5.41, 5.74) is 5.83. The average Bonchev–Trinajstić information content (AvgIpc) is 3.25. The van der Waals surface area contributed by atoms with Gasteiger partial charge in [-0.15, -0.1) is 10.2 Å². The van der Waals surface area contributed by atoms with Crippen LogP contribution in [0.25, 0.3) is 16.7 Å². The molecule has 7 nitrogen and oxygen atoms in total. The van der Waals surface area contributed by atoms with Crippen molar-refractivity contribution in [2.75, 3.05) is 18.5 Å². The van der Waals surface area contributed by atoms with Crippen molar-refractivity contribution in [3.05, 3.63) is 71.3 Å². The lowest BCUT2D eigenvalue weighted by molar-refractivity contribution is 0.102. The molecule has 1 N–H and O–H groups in total. The Morgan fingerprint density at radius 3 is 2.45 bits per heavy atom. The van der Waals surface area contributed by atoms with Crippen LogP contribution in [0.15, 0.2) is 54.6 Å². The summed E-state index contributed by atoms with van der Waals surface area (Å²) in [6.07, 6.45) is 3.45. The molecular formula is C26H26N4O3. The van der Waals surface area contributed by atoms with Crippen molar-refractivity contribution in [1.82, 2.24) is 15.0 Å². The molecule has 0 fully saturated rings. The topological polar surface area (TPSA) is 78.3 Å². The first kappa shape index (κ1) is 21.0. The summed E-state index contributed by atoms with van der Waals surface area (Å²) >= 11 is 0. The van der Waals surface area contributed by atoms with Gasteiger partial charge >= 0.3 is 0 Å². The number of carbonyl (C=O) groups is 1. The molecule has 1 aliphatic heterocycles. The maximum Gasteiger partial charge on any atom is 0.255 e. The number of nitrogens with zero attached hydrogens (tertiary/aromatic N) is 3. The number of aryl methyl sites for hydroxylation is 2. The lowest BCUT2D eigenvalue weighted by Gasteiger charge is -2.18. The number of rotatable bonds is 6. The first-order chi connectivity index (χ1) is 16.1. The summed E-state index contributed by atoms with van der Waals surface area (Å²) in [5, 5.41) is 12.2. The minimum Gasteiger partial charge on any atom is -0.486 e. The fourth-order valence-electron chi connectivity index (χ4n) is 3.87. The highest BCUT2D eigenvalue weighted by atomic mass is 16.6. The van der Waals surface area contributed by atoms with Crippen LogP contribution in [-0.2, 0) is 6.42 Å². The van der Waals surface area contributed by atoms with Crippen molar-refractivity contribution in [3.8, 4) is 17.2 Å². The second-order valence-corrected chi connectivity index (χ2v) is 8.23. The van der Waals surface area contributed by atoms with E-state index in [-0.39, 0.29) is 5.91 Å². The predicted octanol–water partition coefficient (Wildman–Crippen LogP) is 5.10.